The number of aliphatic hydroxyl groups is 1. The Bertz CT molecular complexity index is 747. The highest BCUT2D eigenvalue weighted by Crippen LogP contribution is 2.20. The van der Waals surface area contributed by atoms with Crippen molar-refractivity contribution in [3.63, 3.8) is 0 Å². The van der Waals surface area contributed by atoms with E-state index in [9.17, 15) is 4.79 Å². The van der Waals surface area contributed by atoms with E-state index in [-0.39, 0.29) is 12.5 Å². The quantitative estimate of drug-likeness (QED) is 0.855. The molecule has 0 aliphatic rings. The van der Waals surface area contributed by atoms with E-state index in [1.807, 2.05) is 6.07 Å². The molecular weight excluding hydrogens is 284 g/mol. The molecule has 5 heteroatoms. The Morgan fingerprint density at radius 3 is 2.86 bits per heavy atom. The minimum atomic E-state index is -0.291. The molecule has 1 heterocycles. The first kappa shape index (κ1) is 14.8. The van der Waals surface area contributed by atoms with Gasteiger partial charge >= 0.3 is 0 Å². The molecule has 104 valence electrons. The molecule has 4 nitrogen and oxygen atoms in total. The molecule has 2 rings (SSSR count). The van der Waals surface area contributed by atoms with Crippen molar-refractivity contribution in [1.29, 1.82) is 5.26 Å². The predicted molar refractivity (Wildman–Crippen MR) is 82.0 cm³/mol. The molecule has 1 aromatic heterocycles. The lowest BCUT2D eigenvalue weighted by Gasteiger charge is -2.05. The molecule has 2 aromatic rings. The lowest BCUT2D eigenvalue weighted by molar-refractivity contribution is 0.103. The fourth-order valence-electron chi connectivity index (χ4n) is 1.67. The van der Waals surface area contributed by atoms with Crippen molar-refractivity contribution in [2.45, 2.75) is 6.42 Å². The van der Waals surface area contributed by atoms with E-state index >= 15 is 0 Å². The van der Waals surface area contributed by atoms with E-state index < -0.39 is 0 Å². The summed E-state index contributed by atoms with van der Waals surface area (Å²) in [4.78, 5) is 12.8. The van der Waals surface area contributed by atoms with Gasteiger partial charge in [-0.05, 0) is 23.6 Å². The predicted octanol–water partition coefficient (Wildman–Crippen LogP) is 2.61. The van der Waals surface area contributed by atoms with Crippen molar-refractivity contribution >= 4 is 22.9 Å². The number of carbonyl (C=O) groups excluding carboxylic acids is 1. The van der Waals surface area contributed by atoms with Gasteiger partial charge in [0, 0.05) is 12.0 Å². The largest absolute Gasteiger partial charge is 0.395 e. The van der Waals surface area contributed by atoms with Gasteiger partial charge in [-0.25, -0.2) is 0 Å². The first-order valence-electron chi connectivity index (χ1n) is 6.24. The third-order valence-corrected chi connectivity index (χ3v) is 3.54. The Kier molecular flexibility index (Phi) is 5.11. The molecule has 0 unspecified atom stereocenters. The molecule has 0 aliphatic heterocycles. The molecule has 0 saturated heterocycles. The van der Waals surface area contributed by atoms with Gasteiger partial charge in [-0.2, -0.15) is 5.26 Å². The summed E-state index contributed by atoms with van der Waals surface area (Å²) in [6.07, 6.45) is 0.369. The Balaban J connectivity index is 2.21. The van der Waals surface area contributed by atoms with Crippen LogP contribution in [0, 0.1) is 23.2 Å². The number of benzene rings is 1. The van der Waals surface area contributed by atoms with Crippen LogP contribution in [0.2, 0.25) is 0 Å². The summed E-state index contributed by atoms with van der Waals surface area (Å²) in [6.45, 7) is -0.00574. The number of carbonyl (C=O) groups is 1. The highest BCUT2D eigenvalue weighted by Gasteiger charge is 2.13. The van der Waals surface area contributed by atoms with E-state index in [2.05, 4.69) is 17.2 Å². The van der Waals surface area contributed by atoms with Gasteiger partial charge in [0.05, 0.1) is 17.9 Å². The normalized spacial score (nSPS) is 9.33. The van der Waals surface area contributed by atoms with Crippen LogP contribution in [-0.4, -0.2) is 17.6 Å². The topological polar surface area (TPSA) is 73.1 Å². The third kappa shape index (κ3) is 3.70. The number of anilines is 1. The van der Waals surface area contributed by atoms with Gasteiger partial charge in [0.2, 0.25) is 0 Å². The molecule has 1 aromatic carbocycles. The fraction of sp³-hybridized carbons (Fsp3) is 0.125. The molecule has 0 fully saturated rings. The lowest BCUT2D eigenvalue weighted by Crippen LogP contribution is -2.12. The van der Waals surface area contributed by atoms with E-state index in [4.69, 9.17) is 10.4 Å². The average molecular weight is 296 g/mol. The Morgan fingerprint density at radius 2 is 2.10 bits per heavy atom. The summed E-state index contributed by atoms with van der Waals surface area (Å²) in [5.74, 6) is 5.37. The molecular formula is C16H12N2O2S. The number of nitriles is 1. The number of nitrogens with one attached hydrogen (secondary N) is 1. The molecule has 2 N–H and O–H groups in total. The molecule has 0 saturated carbocycles. The van der Waals surface area contributed by atoms with Crippen LogP contribution in [0.5, 0.6) is 0 Å². The molecule has 0 radical (unpaired) electrons. The van der Waals surface area contributed by atoms with Gasteiger partial charge in [-0.15, -0.1) is 11.3 Å². The lowest BCUT2D eigenvalue weighted by atomic mass is 10.2. The maximum atomic E-state index is 12.3. The summed E-state index contributed by atoms with van der Waals surface area (Å²) >= 11 is 1.29. The number of amides is 1. The van der Waals surface area contributed by atoms with Crippen LogP contribution in [0.4, 0.5) is 5.69 Å². The molecule has 0 spiro atoms. The summed E-state index contributed by atoms with van der Waals surface area (Å²) < 4.78 is 0. The number of hydrogen-bond acceptors (Lipinski definition) is 4. The van der Waals surface area contributed by atoms with Crippen LogP contribution in [-0.2, 0) is 0 Å². The van der Waals surface area contributed by atoms with E-state index in [0.717, 1.165) is 0 Å². The van der Waals surface area contributed by atoms with Gasteiger partial charge in [0.25, 0.3) is 5.91 Å². The van der Waals surface area contributed by atoms with E-state index in [0.29, 0.717) is 28.1 Å². The van der Waals surface area contributed by atoms with Crippen molar-refractivity contribution < 1.29 is 9.90 Å². The van der Waals surface area contributed by atoms with E-state index in [1.54, 1.807) is 35.7 Å². The summed E-state index contributed by atoms with van der Waals surface area (Å²) in [5.41, 5.74) is 1.52. The monoisotopic (exact) mass is 296 g/mol. The standard InChI is InChI=1S/C16H12N2O2S/c17-11-13-6-1-2-7-14(13)18-16(20)15-12(8-10-21-15)5-3-4-9-19/h1-2,6-8,10,19H,4,9H2,(H,18,20). The van der Waals surface area contributed by atoms with Crippen LogP contribution in [0.3, 0.4) is 0 Å². The van der Waals surface area contributed by atoms with Crippen molar-refractivity contribution in [2.75, 3.05) is 11.9 Å². The van der Waals surface area contributed by atoms with Gasteiger partial charge < -0.3 is 10.4 Å². The average Bonchev–Trinajstić information content (AvgIpc) is 2.96. The Hall–Kier alpha value is -2.60. The molecule has 0 aliphatic carbocycles. The Labute approximate surface area is 126 Å². The first-order chi connectivity index (χ1) is 10.3. The highest BCUT2D eigenvalue weighted by atomic mass is 32.1. The number of rotatable bonds is 3. The molecule has 0 atom stereocenters. The fourth-order valence-corrected chi connectivity index (χ4v) is 2.41. The van der Waals surface area contributed by atoms with Crippen LogP contribution in [0.15, 0.2) is 35.7 Å². The second-order valence-corrected chi connectivity index (χ2v) is 4.97. The second-order valence-electron chi connectivity index (χ2n) is 4.05. The second kappa shape index (κ2) is 7.25. The van der Waals surface area contributed by atoms with Crippen molar-refractivity contribution in [3.05, 3.63) is 51.7 Å². The zero-order valence-electron chi connectivity index (χ0n) is 11.1. The summed E-state index contributed by atoms with van der Waals surface area (Å²) in [5, 5.41) is 22.2. The number of thiophene rings is 1. The Morgan fingerprint density at radius 1 is 1.29 bits per heavy atom. The molecule has 1 amide bonds. The molecule has 0 bridgehead atoms. The zero-order valence-corrected chi connectivity index (χ0v) is 11.9. The summed E-state index contributed by atoms with van der Waals surface area (Å²) in [6, 6.07) is 10.6. The maximum Gasteiger partial charge on any atom is 0.267 e. The van der Waals surface area contributed by atoms with Crippen molar-refractivity contribution in [1.82, 2.24) is 0 Å². The minimum Gasteiger partial charge on any atom is -0.395 e. The third-order valence-electron chi connectivity index (χ3n) is 2.63. The van der Waals surface area contributed by atoms with E-state index in [1.165, 1.54) is 11.3 Å². The van der Waals surface area contributed by atoms with Crippen LogP contribution < -0.4 is 5.32 Å². The van der Waals surface area contributed by atoms with Crippen LogP contribution in [0.25, 0.3) is 0 Å². The number of para-hydroxylation sites is 1. The molecule has 21 heavy (non-hydrogen) atoms. The first-order valence-corrected chi connectivity index (χ1v) is 7.12. The van der Waals surface area contributed by atoms with Crippen molar-refractivity contribution in [3.8, 4) is 17.9 Å². The van der Waals surface area contributed by atoms with Crippen LogP contribution >= 0.6 is 11.3 Å². The van der Waals surface area contributed by atoms with Gasteiger partial charge in [-0.3, -0.25) is 4.79 Å². The van der Waals surface area contributed by atoms with Gasteiger partial charge in [0.1, 0.15) is 10.9 Å². The SMILES string of the molecule is N#Cc1ccccc1NC(=O)c1sccc1C#CCCO. The zero-order chi connectivity index (χ0) is 15.1. The maximum absolute atomic E-state index is 12.3. The highest BCUT2D eigenvalue weighted by molar-refractivity contribution is 7.12. The number of nitrogens with zero attached hydrogens (tertiary/aromatic N) is 1. The van der Waals surface area contributed by atoms with Crippen LogP contribution in [0.1, 0.15) is 27.2 Å². The van der Waals surface area contributed by atoms with Gasteiger partial charge in [0.15, 0.2) is 0 Å². The van der Waals surface area contributed by atoms with Crippen molar-refractivity contribution in [2.24, 2.45) is 0 Å². The number of aliphatic hydroxyl groups excluding tert-OH is 1. The summed E-state index contributed by atoms with van der Waals surface area (Å²) in [7, 11) is 0. The number of hydrogen-bond donors (Lipinski definition) is 2. The smallest absolute Gasteiger partial charge is 0.267 e. The minimum absolute atomic E-state index is 0.00574. The van der Waals surface area contributed by atoms with Gasteiger partial charge in [-0.1, -0.05) is 24.0 Å².